The van der Waals surface area contributed by atoms with Crippen LogP contribution in [0.3, 0.4) is 0 Å². The molecule has 5 heteroatoms. The highest BCUT2D eigenvalue weighted by Gasteiger charge is 2.11. The molecule has 0 radical (unpaired) electrons. The Labute approximate surface area is 80.5 Å². The van der Waals surface area contributed by atoms with Crippen LogP contribution in [-0.4, -0.2) is 20.6 Å². The maximum absolute atomic E-state index is 10.7. The van der Waals surface area contributed by atoms with Gasteiger partial charge in [0.25, 0.3) is 0 Å². The van der Waals surface area contributed by atoms with Gasteiger partial charge in [0.05, 0.1) is 6.20 Å². The van der Waals surface area contributed by atoms with Crippen molar-refractivity contribution in [2.75, 3.05) is 0 Å². The van der Waals surface area contributed by atoms with Gasteiger partial charge >= 0.3 is 5.97 Å². The first kappa shape index (κ1) is 9.80. The molecule has 0 spiro atoms. The van der Waals surface area contributed by atoms with E-state index in [9.17, 15) is 4.79 Å². The van der Waals surface area contributed by atoms with E-state index in [1.165, 1.54) is 11.7 Å². The average Bonchev–Trinajstić information content (AvgIpc) is 2.43. The van der Waals surface area contributed by atoms with Crippen molar-refractivity contribution in [2.24, 2.45) is 0 Å². The van der Waals surface area contributed by atoms with Gasteiger partial charge in [-0.05, 0) is 6.92 Å². The van der Waals surface area contributed by atoms with Gasteiger partial charge in [-0.3, -0.25) is 0 Å². The third-order valence-electron chi connectivity index (χ3n) is 1.65. The van der Waals surface area contributed by atoms with E-state index in [2.05, 4.69) is 4.98 Å². The number of allylic oxidation sites excluding steroid dienone is 1. The standard InChI is InChI=1S/C8H9ClN2O2/c1-6-10-5-7(8(12)13)11(6)4-2-3-9/h2-3,5H,4H2,1H3,(H,12,13). The van der Waals surface area contributed by atoms with Gasteiger partial charge < -0.3 is 9.67 Å². The molecule has 0 unspecified atom stereocenters. The number of aryl methyl sites for hydroxylation is 1. The van der Waals surface area contributed by atoms with E-state index in [-0.39, 0.29) is 5.69 Å². The van der Waals surface area contributed by atoms with Crippen LogP contribution in [0.2, 0.25) is 0 Å². The molecule has 1 heterocycles. The van der Waals surface area contributed by atoms with Crippen LogP contribution in [-0.2, 0) is 6.54 Å². The first-order valence-electron chi connectivity index (χ1n) is 3.67. The van der Waals surface area contributed by atoms with Crippen molar-refractivity contribution in [1.29, 1.82) is 0 Å². The summed E-state index contributed by atoms with van der Waals surface area (Å²) in [6.07, 6.45) is 2.99. The number of hydrogen-bond donors (Lipinski definition) is 1. The molecule has 0 saturated carbocycles. The highest BCUT2D eigenvalue weighted by atomic mass is 35.5. The Hall–Kier alpha value is -1.29. The van der Waals surface area contributed by atoms with Crippen LogP contribution in [0.4, 0.5) is 0 Å². The van der Waals surface area contributed by atoms with Crippen molar-refractivity contribution in [3.63, 3.8) is 0 Å². The van der Waals surface area contributed by atoms with Crippen LogP contribution in [0.25, 0.3) is 0 Å². The number of aromatic carboxylic acids is 1. The van der Waals surface area contributed by atoms with Gasteiger partial charge in [0, 0.05) is 12.1 Å². The second kappa shape index (κ2) is 4.09. The number of carboxylic acid groups (broad SMARTS) is 1. The molecule has 1 N–H and O–H groups in total. The van der Waals surface area contributed by atoms with Crippen molar-refractivity contribution in [3.8, 4) is 0 Å². The van der Waals surface area contributed by atoms with Crippen molar-refractivity contribution in [3.05, 3.63) is 29.3 Å². The predicted octanol–water partition coefficient (Wildman–Crippen LogP) is 1.64. The van der Waals surface area contributed by atoms with Gasteiger partial charge in [0.2, 0.25) is 0 Å². The Balaban J connectivity index is 3.01. The lowest BCUT2D eigenvalue weighted by molar-refractivity contribution is 0.0685. The molecule has 0 aliphatic heterocycles. The molecule has 0 atom stereocenters. The summed E-state index contributed by atoms with van der Waals surface area (Å²) in [5.74, 6) is -0.323. The molecule has 1 rings (SSSR count). The minimum absolute atomic E-state index is 0.173. The molecule has 0 amide bonds. The molecule has 0 fully saturated rings. The first-order valence-corrected chi connectivity index (χ1v) is 4.11. The van der Waals surface area contributed by atoms with Crippen LogP contribution >= 0.6 is 11.6 Å². The third-order valence-corrected chi connectivity index (χ3v) is 1.83. The van der Waals surface area contributed by atoms with Crippen LogP contribution in [0, 0.1) is 6.92 Å². The molecule has 70 valence electrons. The smallest absolute Gasteiger partial charge is 0.354 e. The lowest BCUT2D eigenvalue weighted by Gasteiger charge is -2.02. The molecule has 0 saturated heterocycles. The van der Waals surface area contributed by atoms with Gasteiger partial charge in [0.15, 0.2) is 0 Å². The van der Waals surface area contributed by atoms with Crippen molar-refractivity contribution in [1.82, 2.24) is 9.55 Å². The van der Waals surface area contributed by atoms with Crippen LogP contribution < -0.4 is 0 Å². The zero-order valence-electron chi connectivity index (χ0n) is 7.07. The van der Waals surface area contributed by atoms with E-state index in [0.29, 0.717) is 12.4 Å². The van der Waals surface area contributed by atoms with Gasteiger partial charge in [-0.25, -0.2) is 9.78 Å². The average molecular weight is 201 g/mol. The number of aromatic nitrogens is 2. The Morgan fingerprint density at radius 1 is 1.85 bits per heavy atom. The monoisotopic (exact) mass is 200 g/mol. The lowest BCUT2D eigenvalue weighted by Crippen LogP contribution is -2.08. The summed E-state index contributed by atoms with van der Waals surface area (Å²) in [6.45, 7) is 2.17. The fraction of sp³-hybridized carbons (Fsp3) is 0.250. The zero-order chi connectivity index (χ0) is 9.84. The van der Waals surface area contributed by atoms with E-state index in [0.717, 1.165) is 0 Å². The molecule has 1 aromatic rings. The van der Waals surface area contributed by atoms with E-state index < -0.39 is 5.97 Å². The maximum Gasteiger partial charge on any atom is 0.354 e. The van der Waals surface area contributed by atoms with Crippen molar-refractivity contribution >= 4 is 17.6 Å². The van der Waals surface area contributed by atoms with E-state index in [1.54, 1.807) is 17.6 Å². The zero-order valence-corrected chi connectivity index (χ0v) is 7.82. The minimum Gasteiger partial charge on any atom is -0.477 e. The fourth-order valence-corrected chi connectivity index (χ4v) is 1.09. The summed E-state index contributed by atoms with van der Waals surface area (Å²) in [4.78, 5) is 14.6. The molecule has 0 aliphatic rings. The Morgan fingerprint density at radius 2 is 2.54 bits per heavy atom. The van der Waals surface area contributed by atoms with E-state index in [4.69, 9.17) is 16.7 Å². The fourth-order valence-electron chi connectivity index (χ4n) is 1.01. The molecule has 0 bridgehead atoms. The largest absolute Gasteiger partial charge is 0.477 e. The lowest BCUT2D eigenvalue weighted by atomic mass is 10.4. The Morgan fingerprint density at radius 3 is 3.08 bits per heavy atom. The van der Waals surface area contributed by atoms with E-state index in [1.807, 2.05) is 0 Å². The van der Waals surface area contributed by atoms with Crippen molar-refractivity contribution < 1.29 is 9.90 Å². The second-order valence-electron chi connectivity index (χ2n) is 2.47. The Kier molecular flexibility index (Phi) is 3.08. The van der Waals surface area contributed by atoms with Crippen molar-refractivity contribution in [2.45, 2.75) is 13.5 Å². The number of nitrogens with zero attached hydrogens (tertiary/aromatic N) is 2. The molecule has 0 aromatic carbocycles. The number of rotatable bonds is 3. The number of carbonyl (C=O) groups is 1. The summed E-state index contributed by atoms with van der Waals surface area (Å²) in [6, 6.07) is 0. The number of hydrogen-bond acceptors (Lipinski definition) is 2. The third kappa shape index (κ3) is 2.09. The SMILES string of the molecule is Cc1ncc(C(=O)O)n1CC=CCl. The first-order chi connectivity index (χ1) is 6.16. The molecular formula is C8H9ClN2O2. The number of carboxylic acids is 1. The summed E-state index contributed by atoms with van der Waals surface area (Å²) >= 11 is 5.34. The van der Waals surface area contributed by atoms with Crippen LogP contribution in [0.1, 0.15) is 16.3 Å². The minimum atomic E-state index is -0.983. The molecule has 4 nitrogen and oxygen atoms in total. The molecule has 0 aliphatic carbocycles. The predicted molar refractivity (Wildman–Crippen MR) is 48.9 cm³/mol. The maximum atomic E-state index is 10.7. The van der Waals surface area contributed by atoms with Gasteiger partial charge in [-0.15, -0.1) is 0 Å². The highest BCUT2D eigenvalue weighted by Crippen LogP contribution is 2.04. The highest BCUT2D eigenvalue weighted by molar-refractivity contribution is 6.25. The summed E-state index contributed by atoms with van der Waals surface area (Å²) in [7, 11) is 0. The van der Waals surface area contributed by atoms with Gasteiger partial charge in [0.1, 0.15) is 11.5 Å². The van der Waals surface area contributed by atoms with Gasteiger partial charge in [-0.1, -0.05) is 17.7 Å². The van der Waals surface area contributed by atoms with Crippen LogP contribution in [0.15, 0.2) is 17.8 Å². The molecule has 1 aromatic heterocycles. The topological polar surface area (TPSA) is 55.1 Å². The van der Waals surface area contributed by atoms with E-state index >= 15 is 0 Å². The van der Waals surface area contributed by atoms with Gasteiger partial charge in [-0.2, -0.15) is 0 Å². The van der Waals surface area contributed by atoms with Crippen LogP contribution in [0.5, 0.6) is 0 Å². The Bertz CT molecular complexity index is 344. The molecular weight excluding hydrogens is 192 g/mol. The summed E-state index contributed by atoms with van der Waals surface area (Å²) < 4.78 is 1.57. The molecule has 13 heavy (non-hydrogen) atoms. The number of halogens is 1. The second-order valence-corrected chi connectivity index (χ2v) is 2.72. The summed E-state index contributed by atoms with van der Waals surface area (Å²) in [5, 5.41) is 8.76. The normalized spacial score (nSPS) is 10.9. The summed E-state index contributed by atoms with van der Waals surface area (Å²) in [5.41, 5.74) is 1.53. The number of imidazole rings is 1. The quantitative estimate of drug-likeness (QED) is 0.807.